The van der Waals surface area contributed by atoms with Gasteiger partial charge in [0, 0.05) is 4.47 Å². The number of rotatable bonds is 6. The second-order valence-electron chi connectivity index (χ2n) is 10.2. The van der Waals surface area contributed by atoms with Gasteiger partial charge in [0.05, 0.1) is 5.60 Å². The lowest BCUT2D eigenvalue weighted by molar-refractivity contribution is 0.0289. The van der Waals surface area contributed by atoms with Crippen molar-refractivity contribution >= 4 is 37.5 Å². The summed E-state index contributed by atoms with van der Waals surface area (Å²) in [5, 5.41) is 16.5. The Morgan fingerprint density at radius 1 is 0.538 bits per heavy atom. The normalized spacial score (nSPS) is 11.8. The summed E-state index contributed by atoms with van der Waals surface area (Å²) in [6.45, 7) is 4.11. The Labute approximate surface area is 238 Å². The van der Waals surface area contributed by atoms with E-state index in [0.29, 0.717) is 12.8 Å². The van der Waals surface area contributed by atoms with E-state index in [-0.39, 0.29) is 0 Å². The highest BCUT2D eigenvalue weighted by atomic mass is 79.9. The van der Waals surface area contributed by atoms with Crippen LogP contribution in [0.4, 0.5) is 0 Å². The topological polar surface area (TPSA) is 20.2 Å². The predicted octanol–water partition coefficient (Wildman–Crippen LogP) is 10.8. The van der Waals surface area contributed by atoms with Crippen molar-refractivity contribution in [3.8, 4) is 33.4 Å². The van der Waals surface area contributed by atoms with Crippen LogP contribution in [0.3, 0.4) is 0 Å². The lowest BCUT2D eigenvalue weighted by Crippen LogP contribution is -2.24. The lowest BCUT2D eigenvalue weighted by Gasteiger charge is -2.29. The molecule has 6 rings (SSSR count). The zero-order valence-corrected chi connectivity index (χ0v) is 23.9. The van der Waals surface area contributed by atoms with Crippen molar-refractivity contribution in [2.24, 2.45) is 0 Å². The van der Waals surface area contributed by atoms with Crippen LogP contribution in [0.5, 0.6) is 0 Å². The maximum atomic E-state index is 11.6. The first-order valence-corrected chi connectivity index (χ1v) is 14.5. The molecule has 0 atom stereocenters. The molecular weight excluding hydrogens is 540 g/mol. The Balaban J connectivity index is 1.75. The molecule has 1 nitrogen and oxygen atoms in total. The molecule has 0 spiro atoms. The number of halogens is 1. The van der Waals surface area contributed by atoms with Crippen LogP contribution in [-0.4, -0.2) is 5.11 Å². The summed E-state index contributed by atoms with van der Waals surface area (Å²) < 4.78 is 0.977. The summed E-state index contributed by atoms with van der Waals surface area (Å²) in [5.74, 6) is 0. The summed E-state index contributed by atoms with van der Waals surface area (Å²) >= 11 is 3.65. The number of hydrogen-bond donors (Lipinski definition) is 1. The van der Waals surface area contributed by atoms with E-state index in [2.05, 4.69) is 151 Å². The first kappa shape index (κ1) is 25.6. The molecule has 0 unspecified atom stereocenters. The van der Waals surface area contributed by atoms with Crippen molar-refractivity contribution < 1.29 is 5.11 Å². The molecule has 1 N–H and O–H groups in total. The highest BCUT2D eigenvalue weighted by molar-refractivity contribution is 9.10. The van der Waals surface area contributed by atoms with Gasteiger partial charge in [-0.25, -0.2) is 0 Å². The molecule has 2 heteroatoms. The third kappa shape index (κ3) is 4.48. The molecule has 0 aromatic heterocycles. The summed E-state index contributed by atoms with van der Waals surface area (Å²) in [6.07, 6.45) is 1.30. The average Bonchev–Trinajstić information content (AvgIpc) is 3.00. The van der Waals surface area contributed by atoms with Gasteiger partial charge in [0.2, 0.25) is 0 Å². The monoisotopic (exact) mass is 570 g/mol. The molecule has 0 heterocycles. The molecule has 192 valence electrons. The zero-order chi connectivity index (χ0) is 27.0. The minimum Gasteiger partial charge on any atom is -0.385 e. The highest BCUT2D eigenvalue weighted by Gasteiger charge is 2.28. The third-order valence-electron chi connectivity index (χ3n) is 8.11. The fourth-order valence-electron chi connectivity index (χ4n) is 5.96. The van der Waals surface area contributed by atoms with Gasteiger partial charge in [0.1, 0.15) is 0 Å². The fourth-order valence-corrected chi connectivity index (χ4v) is 6.32. The zero-order valence-electron chi connectivity index (χ0n) is 22.3. The number of aliphatic hydroxyl groups is 1. The van der Waals surface area contributed by atoms with Gasteiger partial charge >= 0.3 is 0 Å². The summed E-state index contributed by atoms with van der Waals surface area (Å²) in [6, 6.07) is 43.3. The second kappa shape index (κ2) is 10.4. The first-order chi connectivity index (χ1) is 19.0. The van der Waals surface area contributed by atoms with Crippen LogP contribution in [0, 0.1) is 0 Å². The Kier molecular flexibility index (Phi) is 6.85. The van der Waals surface area contributed by atoms with Crippen molar-refractivity contribution in [1.82, 2.24) is 0 Å². The quantitative estimate of drug-likeness (QED) is 0.197. The van der Waals surface area contributed by atoms with Gasteiger partial charge in [0.15, 0.2) is 0 Å². The maximum absolute atomic E-state index is 11.6. The molecule has 39 heavy (non-hydrogen) atoms. The van der Waals surface area contributed by atoms with Gasteiger partial charge in [-0.1, -0.05) is 133 Å². The van der Waals surface area contributed by atoms with Crippen molar-refractivity contribution in [2.45, 2.75) is 32.3 Å². The van der Waals surface area contributed by atoms with Gasteiger partial charge in [0.25, 0.3) is 0 Å². The number of hydrogen-bond acceptors (Lipinski definition) is 1. The SMILES string of the molecule is CCC(O)(CC)c1cc(Br)ccc1-c1ccc2c(-c3ccccc3)c3ccccc3c(-c3ccccc3)c2c1. The Bertz CT molecular complexity index is 1780. The van der Waals surface area contributed by atoms with Gasteiger partial charge < -0.3 is 5.11 Å². The van der Waals surface area contributed by atoms with Crippen LogP contribution < -0.4 is 0 Å². The van der Waals surface area contributed by atoms with E-state index in [1.807, 2.05) is 0 Å². The summed E-state index contributed by atoms with van der Waals surface area (Å²) in [7, 11) is 0. The molecule has 0 bridgehead atoms. The Morgan fingerprint density at radius 3 is 1.62 bits per heavy atom. The molecule has 0 radical (unpaired) electrons. The number of benzene rings is 6. The molecule has 0 aliphatic carbocycles. The third-order valence-corrected chi connectivity index (χ3v) is 8.61. The van der Waals surface area contributed by atoms with E-state index in [1.54, 1.807) is 0 Å². The molecule has 6 aromatic carbocycles. The van der Waals surface area contributed by atoms with Crippen molar-refractivity contribution in [2.75, 3.05) is 0 Å². The van der Waals surface area contributed by atoms with Crippen LogP contribution >= 0.6 is 15.9 Å². The molecule has 0 amide bonds. The standard InChI is InChI=1S/C37H31BrO/c1-3-37(39,4-2)34-24-28(38)20-22-29(34)27-19-21-32-33(23-27)36(26-15-9-6-10-16-26)31-18-12-11-17-30(31)35(32)25-13-7-5-8-14-25/h5-24,39H,3-4H2,1-2H3. The second-order valence-corrected chi connectivity index (χ2v) is 11.1. The minimum absolute atomic E-state index is 0.651. The van der Waals surface area contributed by atoms with Crippen LogP contribution in [0.25, 0.3) is 54.9 Å². The largest absolute Gasteiger partial charge is 0.385 e. The van der Waals surface area contributed by atoms with Gasteiger partial charge in [-0.05, 0) is 91.5 Å². The van der Waals surface area contributed by atoms with E-state index >= 15 is 0 Å². The van der Waals surface area contributed by atoms with Crippen LogP contribution in [0.2, 0.25) is 0 Å². The van der Waals surface area contributed by atoms with Crippen molar-refractivity contribution in [3.63, 3.8) is 0 Å². The van der Waals surface area contributed by atoms with Crippen LogP contribution in [0.1, 0.15) is 32.3 Å². The van der Waals surface area contributed by atoms with Gasteiger partial charge in [-0.2, -0.15) is 0 Å². The lowest BCUT2D eigenvalue weighted by atomic mass is 9.81. The average molecular weight is 572 g/mol. The summed E-state index contributed by atoms with van der Waals surface area (Å²) in [5.41, 5.74) is 7.15. The number of fused-ring (bicyclic) bond motifs is 2. The van der Waals surface area contributed by atoms with Crippen molar-refractivity contribution in [3.05, 3.63) is 131 Å². The Hall–Kier alpha value is -3.72. The maximum Gasteiger partial charge on any atom is 0.0897 e. The molecule has 6 aromatic rings. The fraction of sp³-hybridized carbons (Fsp3) is 0.135. The Morgan fingerprint density at radius 2 is 1.05 bits per heavy atom. The van der Waals surface area contributed by atoms with E-state index in [1.165, 1.54) is 43.8 Å². The van der Waals surface area contributed by atoms with Crippen molar-refractivity contribution in [1.29, 1.82) is 0 Å². The molecule has 0 fully saturated rings. The molecular formula is C37H31BrO. The van der Waals surface area contributed by atoms with Crippen LogP contribution in [-0.2, 0) is 5.60 Å². The van der Waals surface area contributed by atoms with E-state index in [0.717, 1.165) is 21.2 Å². The van der Waals surface area contributed by atoms with E-state index in [4.69, 9.17) is 0 Å². The van der Waals surface area contributed by atoms with E-state index in [9.17, 15) is 5.11 Å². The first-order valence-electron chi connectivity index (χ1n) is 13.7. The highest BCUT2D eigenvalue weighted by Crippen LogP contribution is 2.46. The van der Waals surface area contributed by atoms with Crippen LogP contribution in [0.15, 0.2) is 126 Å². The summed E-state index contributed by atoms with van der Waals surface area (Å²) in [4.78, 5) is 0. The smallest absolute Gasteiger partial charge is 0.0897 e. The molecule has 0 aliphatic rings. The van der Waals surface area contributed by atoms with Gasteiger partial charge in [-0.15, -0.1) is 0 Å². The molecule has 0 aliphatic heterocycles. The van der Waals surface area contributed by atoms with E-state index < -0.39 is 5.60 Å². The predicted molar refractivity (Wildman–Crippen MR) is 170 cm³/mol. The molecule has 0 saturated heterocycles. The molecule has 0 saturated carbocycles. The van der Waals surface area contributed by atoms with Gasteiger partial charge in [-0.3, -0.25) is 0 Å². The minimum atomic E-state index is -0.894.